The van der Waals surface area contributed by atoms with Crippen LogP contribution < -0.4 is 14.8 Å². The van der Waals surface area contributed by atoms with Crippen molar-refractivity contribution in [2.75, 3.05) is 12.4 Å². The van der Waals surface area contributed by atoms with Gasteiger partial charge in [0.1, 0.15) is 16.5 Å². The van der Waals surface area contributed by atoms with Crippen molar-refractivity contribution in [1.29, 1.82) is 0 Å². The fourth-order valence-electron chi connectivity index (χ4n) is 2.10. The Morgan fingerprint density at radius 3 is 2.38 bits per heavy atom. The molecule has 1 amide bonds. The topological polar surface area (TPSA) is 73.3 Å². The van der Waals surface area contributed by atoms with Crippen molar-refractivity contribution in [2.24, 2.45) is 0 Å². The summed E-state index contributed by atoms with van der Waals surface area (Å²) in [7, 11) is 1.62. The number of nitrogens with one attached hydrogen (secondary N) is 1. The number of carbonyl (C=O) groups is 1. The molecule has 0 bridgehead atoms. The van der Waals surface area contributed by atoms with Crippen molar-refractivity contribution in [1.82, 2.24) is 10.2 Å². The number of aromatic nitrogens is 2. The SMILES string of the molecule is COc1ccc(-c2nnc(NC(=O)[C@H](C)Oc3ccc(Br)cc3)s2)cc1. The van der Waals surface area contributed by atoms with Gasteiger partial charge in [-0.05, 0) is 55.5 Å². The van der Waals surface area contributed by atoms with Gasteiger partial charge >= 0.3 is 0 Å². The predicted molar refractivity (Wildman–Crippen MR) is 105 cm³/mol. The molecule has 1 aromatic heterocycles. The van der Waals surface area contributed by atoms with Crippen molar-refractivity contribution >= 4 is 38.3 Å². The van der Waals surface area contributed by atoms with Crippen molar-refractivity contribution in [3.05, 3.63) is 53.0 Å². The summed E-state index contributed by atoms with van der Waals surface area (Å²) in [5, 5.41) is 12.0. The first kappa shape index (κ1) is 18.3. The van der Waals surface area contributed by atoms with Crippen LogP contribution in [0.25, 0.3) is 10.6 Å². The van der Waals surface area contributed by atoms with E-state index in [9.17, 15) is 4.79 Å². The van der Waals surface area contributed by atoms with E-state index in [0.717, 1.165) is 15.8 Å². The van der Waals surface area contributed by atoms with Crippen molar-refractivity contribution in [3.63, 3.8) is 0 Å². The van der Waals surface area contributed by atoms with Crippen LogP contribution in [0.5, 0.6) is 11.5 Å². The highest BCUT2D eigenvalue weighted by molar-refractivity contribution is 9.10. The molecule has 1 N–H and O–H groups in total. The van der Waals surface area contributed by atoms with Crippen LogP contribution in [0, 0.1) is 0 Å². The van der Waals surface area contributed by atoms with Crippen LogP contribution in [-0.2, 0) is 4.79 Å². The first-order chi connectivity index (χ1) is 12.5. The minimum atomic E-state index is -0.662. The van der Waals surface area contributed by atoms with Crippen LogP contribution in [0.2, 0.25) is 0 Å². The quantitative estimate of drug-likeness (QED) is 0.623. The number of carbonyl (C=O) groups excluding carboxylic acids is 1. The average Bonchev–Trinajstić information content (AvgIpc) is 3.12. The van der Waals surface area contributed by atoms with Crippen LogP contribution in [-0.4, -0.2) is 29.3 Å². The molecule has 0 aliphatic carbocycles. The first-order valence-corrected chi connectivity index (χ1v) is 9.37. The summed E-state index contributed by atoms with van der Waals surface area (Å²) in [6, 6.07) is 14.8. The summed E-state index contributed by atoms with van der Waals surface area (Å²) < 4.78 is 11.7. The Balaban J connectivity index is 1.62. The third-order valence-electron chi connectivity index (χ3n) is 3.49. The third-order valence-corrected chi connectivity index (χ3v) is 4.90. The maximum absolute atomic E-state index is 12.3. The van der Waals surface area contributed by atoms with E-state index in [1.54, 1.807) is 26.2 Å². The molecule has 0 saturated carbocycles. The molecule has 0 radical (unpaired) electrons. The van der Waals surface area contributed by atoms with Crippen LogP contribution in [0.15, 0.2) is 53.0 Å². The number of nitrogens with zero attached hydrogens (tertiary/aromatic N) is 2. The van der Waals surface area contributed by atoms with Gasteiger partial charge in [0.15, 0.2) is 6.10 Å². The molecule has 0 fully saturated rings. The zero-order chi connectivity index (χ0) is 18.5. The van der Waals surface area contributed by atoms with Crippen LogP contribution in [0.4, 0.5) is 5.13 Å². The van der Waals surface area contributed by atoms with Crippen molar-refractivity contribution in [3.8, 4) is 22.1 Å². The van der Waals surface area contributed by atoms with Gasteiger partial charge in [0.05, 0.1) is 7.11 Å². The molecule has 0 aliphatic rings. The number of benzene rings is 2. The van der Waals surface area contributed by atoms with Crippen LogP contribution in [0.1, 0.15) is 6.92 Å². The Morgan fingerprint density at radius 1 is 1.08 bits per heavy atom. The summed E-state index contributed by atoms with van der Waals surface area (Å²) in [5.41, 5.74) is 0.906. The lowest BCUT2D eigenvalue weighted by atomic mass is 10.2. The second-order valence-corrected chi connectivity index (χ2v) is 7.24. The smallest absolute Gasteiger partial charge is 0.266 e. The maximum Gasteiger partial charge on any atom is 0.266 e. The lowest BCUT2D eigenvalue weighted by Gasteiger charge is -2.13. The van der Waals surface area contributed by atoms with E-state index < -0.39 is 6.10 Å². The number of hydrogen-bond donors (Lipinski definition) is 1. The van der Waals surface area contributed by atoms with Gasteiger partial charge in [0, 0.05) is 10.0 Å². The predicted octanol–water partition coefficient (Wildman–Crippen LogP) is 4.38. The van der Waals surface area contributed by atoms with Gasteiger partial charge in [-0.15, -0.1) is 10.2 Å². The lowest BCUT2D eigenvalue weighted by molar-refractivity contribution is -0.122. The molecule has 3 aromatic rings. The Hall–Kier alpha value is -2.45. The summed E-state index contributed by atoms with van der Waals surface area (Å²) in [4.78, 5) is 12.3. The molecule has 3 rings (SSSR count). The number of methoxy groups -OCH3 is 1. The number of ether oxygens (including phenoxy) is 2. The van der Waals surface area contributed by atoms with Crippen molar-refractivity contribution < 1.29 is 14.3 Å². The number of hydrogen-bond acceptors (Lipinski definition) is 6. The second-order valence-electron chi connectivity index (χ2n) is 5.34. The molecule has 26 heavy (non-hydrogen) atoms. The van der Waals surface area contributed by atoms with E-state index in [-0.39, 0.29) is 5.91 Å². The molecule has 0 unspecified atom stereocenters. The second kappa shape index (κ2) is 8.29. The fourth-order valence-corrected chi connectivity index (χ4v) is 3.12. The zero-order valence-electron chi connectivity index (χ0n) is 14.1. The molecule has 1 atom stereocenters. The molecule has 1 heterocycles. The van der Waals surface area contributed by atoms with Gasteiger partial charge in [0.2, 0.25) is 5.13 Å². The molecule has 6 nitrogen and oxygen atoms in total. The van der Waals surface area contributed by atoms with E-state index in [1.165, 1.54) is 11.3 Å². The van der Waals surface area contributed by atoms with Crippen LogP contribution in [0.3, 0.4) is 0 Å². The number of amides is 1. The monoisotopic (exact) mass is 433 g/mol. The van der Waals surface area contributed by atoms with Gasteiger partial charge in [0.25, 0.3) is 5.91 Å². The molecule has 0 spiro atoms. The normalized spacial score (nSPS) is 11.7. The Kier molecular flexibility index (Phi) is 5.85. The summed E-state index contributed by atoms with van der Waals surface area (Å²) in [5.74, 6) is 1.10. The summed E-state index contributed by atoms with van der Waals surface area (Å²) in [6.45, 7) is 1.68. The molecule has 0 aliphatic heterocycles. The molecule has 8 heteroatoms. The third kappa shape index (κ3) is 4.59. The van der Waals surface area contributed by atoms with E-state index in [4.69, 9.17) is 9.47 Å². The van der Waals surface area contributed by atoms with Gasteiger partial charge in [-0.1, -0.05) is 27.3 Å². The molecule has 134 valence electrons. The van der Waals surface area contributed by atoms with Crippen LogP contribution >= 0.6 is 27.3 Å². The van der Waals surface area contributed by atoms with E-state index in [2.05, 4.69) is 31.4 Å². The van der Waals surface area contributed by atoms with Gasteiger partial charge < -0.3 is 9.47 Å². The Bertz CT molecular complexity index is 881. The van der Waals surface area contributed by atoms with E-state index in [1.807, 2.05) is 36.4 Å². The number of rotatable bonds is 6. The molecular weight excluding hydrogens is 418 g/mol. The van der Waals surface area contributed by atoms with E-state index >= 15 is 0 Å². The first-order valence-electron chi connectivity index (χ1n) is 7.76. The number of halogens is 1. The minimum Gasteiger partial charge on any atom is -0.497 e. The standard InChI is InChI=1S/C18H16BrN3O3S/c1-11(25-15-9-5-13(19)6-10-15)16(23)20-18-22-21-17(26-18)12-3-7-14(24-2)8-4-12/h3-11H,1-2H3,(H,20,22,23)/t11-/m0/s1. The Morgan fingerprint density at radius 2 is 1.73 bits per heavy atom. The minimum absolute atomic E-state index is 0.287. The van der Waals surface area contributed by atoms with Gasteiger partial charge in [-0.3, -0.25) is 10.1 Å². The highest BCUT2D eigenvalue weighted by atomic mass is 79.9. The van der Waals surface area contributed by atoms with E-state index in [0.29, 0.717) is 15.9 Å². The summed E-state index contributed by atoms with van der Waals surface area (Å²) in [6.07, 6.45) is -0.662. The maximum atomic E-state index is 12.3. The highest BCUT2D eigenvalue weighted by Crippen LogP contribution is 2.28. The summed E-state index contributed by atoms with van der Waals surface area (Å²) >= 11 is 4.66. The fraction of sp³-hybridized carbons (Fsp3) is 0.167. The Labute approximate surface area is 163 Å². The zero-order valence-corrected chi connectivity index (χ0v) is 16.5. The van der Waals surface area contributed by atoms with Gasteiger partial charge in [-0.25, -0.2) is 0 Å². The highest BCUT2D eigenvalue weighted by Gasteiger charge is 2.17. The van der Waals surface area contributed by atoms with Gasteiger partial charge in [-0.2, -0.15) is 0 Å². The molecule has 2 aromatic carbocycles. The van der Waals surface area contributed by atoms with Crippen molar-refractivity contribution in [2.45, 2.75) is 13.0 Å². The molecule has 0 saturated heterocycles. The number of anilines is 1. The lowest BCUT2D eigenvalue weighted by Crippen LogP contribution is -2.30. The largest absolute Gasteiger partial charge is 0.497 e. The average molecular weight is 434 g/mol. The molecular formula is C18H16BrN3O3S.